The fraction of sp³-hybridized carbons (Fsp3) is 0.333. The summed E-state index contributed by atoms with van der Waals surface area (Å²) < 4.78 is 0. The molecule has 0 N–H and O–H groups in total. The summed E-state index contributed by atoms with van der Waals surface area (Å²) in [6.07, 6.45) is 0. The molecule has 0 bridgehead atoms. The number of hydrogen-bond acceptors (Lipinski definition) is 2. The van der Waals surface area contributed by atoms with Crippen LogP contribution in [0.15, 0.2) is 34.6 Å². The molecule has 3 nitrogen and oxygen atoms in total. The van der Waals surface area contributed by atoms with Gasteiger partial charge >= 0.3 is 0 Å². The van der Waals surface area contributed by atoms with Crippen LogP contribution in [0.25, 0.3) is 5.43 Å². The van der Waals surface area contributed by atoms with Gasteiger partial charge in [0.15, 0.2) is 0 Å². The Bertz CT molecular complexity index is 654. The third-order valence-electron chi connectivity index (χ3n) is 3.56. The summed E-state index contributed by atoms with van der Waals surface area (Å²) in [5.74, 6) is 0. The average Bonchev–Trinajstić information content (AvgIpc) is 2.34. The molecule has 0 aliphatic carbocycles. The van der Waals surface area contributed by atoms with E-state index >= 15 is 0 Å². The van der Waals surface area contributed by atoms with Gasteiger partial charge in [0.2, 0.25) is 0 Å². The van der Waals surface area contributed by atoms with E-state index in [1.165, 1.54) is 11.1 Å². The standard InChI is InChI=1S/C18H22N3/c1-11-7-13(3)17(14(4)8-11)19-21-20-18-15(5)9-12(2)10-16(18)6/h7-10H,1-6H3/q-1. The van der Waals surface area contributed by atoms with Crippen LogP contribution in [0, 0.1) is 41.5 Å². The summed E-state index contributed by atoms with van der Waals surface area (Å²) in [4.78, 5) is 0. The van der Waals surface area contributed by atoms with E-state index in [1.54, 1.807) is 0 Å². The van der Waals surface area contributed by atoms with Gasteiger partial charge in [-0.2, -0.15) is 0 Å². The fourth-order valence-corrected chi connectivity index (χ4v) is 2.77. The molecule has 2 aromatic rings. The highest BCUT2D eigenvalue weighted by Gasteiger charge is 1.99. The SMILES string of the molecule is Cc1cc(C)c(N=N[N-]c2c(C)cc(C)cc2C)c(C)c1. The molecule has 3 heteroatoms. The zero-order valence-corrected chi connectivity index (χ0v) is 13.7. The van der Waals surface area contributed by atoms with Crippen LogP contribution >= 0.6 is 0 Å². The van der Waals surface area contributed by atoms with Gasteiger partial charge in [0.05, 0.1) is 0 Å². The Hall–Kier alpha value is -2.16. The van der Waals surface area contributed by atoms with Crippen LogP contribution in [0.2, 0.25) is 0 Å². The van der Waals surface area contributed by atoms with E-state index < -0.39 is 0 Å². The first-order chi connectivity index (χ1) is 9.88. The molecule has 2 rings (SSSR count). The van der Waals surface area contributed by atoms with Crippen molar-refractivity contribution in [1.29, 1.82) is 0 Å². The van der Waals surface area contributed by atoms with E-state index in [9.17, 15) is 0 Å². The predicted molar refractivity (Wildman–Crippen MR) is 88.8 cm³/mol. The van der Waals surface area contributed by atoms with Crippen LogP contribution in [-0.4, -0.2) is 0 Å². The van der Waals surface area contributed by atoms with Gasteiger partial charge < -0.3 is 10.5 Å². The highest BCUT2D eigenvalue weighted by molar-refractivity contribution is 5.61. The quantitative estimate of drug-likeness (QED) is 0.471. The van der Waals surface area contributed by atoms with Gasteiger partial charge in [0.1, 0.15) is 0 Å². The molecular weight excluding hydrogens is 258 g/mol. The van der Waals surface area contributed by atoms with Crippen molar-refractivity contribution in [3.05, 3.63) is 63.1 Å². The van der Waals surface area contributed by atoms with Gasteiger partial charge in [-0.25, -0.2) is 0 Å². The van der Waals surface area contributed by atoms with Crippen molar-refractivity contribution < 1.29 is 0 Å². The van der Waals surface area contributed by atoms with Crippen molar-refractivity contribution in [2.75, 3.05) is 0 Å². The summed E-state index contributed by atoms with van der Waals surface area (Å²) in [5, 5.41) is 8.37. The first-order valence-electron chi connectivity index (χ1n) is 7.16. The van der Waals surface area contributed by atoms with E-state index in [1.807, 2.05) is 0 Å². The Balaban J connectivity index is 2.25. The molecule has 0 heterocycles. The van der Waals surface area contributed by atoms with E-state index in [2.05, 4.69) is 81.6 Å². The summed E-state index contributed by atoms with van der Waals surface area (Å²) in [7, 11) is 0. The highest BCUT2D eigenvalue weighted by Crippen LogP contribution is 2.31. The normalized spacial score (nSPS) is 11.1. The summed E-state index contributed by atoms with van der Waals surface area (Å²) in [6, 6.07) is 8.46. The maximum Gasteiger partial charge on any atom is -0.0195 e. The highest BCUT2D eigenvalue weighted by atomic mass is 15.4. The number of rotatable bonds is 3. The maximum atomic E-state index is 4.30. The Morgan fingerprint density at radius 1 is 0.667 bits per heavy atom. The van der Waals surface area contributed by atoms with Gasteiger partial charge in [0, 0.05) is 0 Å². The second-order valence-electron chi connectivity index (χ2n) is 5.78. The average molecular weight is 280 g/mol. The van der Waals surface area contributed by atoms with Crippen LogP contribution in [0.1, 0.15) is 33.4 Å². The fourth-order valence-electron chi connectivity index (χ4n) is 2.77. The molecule has 0 saturated heterocycles. The van der Waals surface area contributed by atoms with E-state index in [4.69, 9.17) is 0 Å². The maximum absolute atomic E-state index is 4.30. The van der Waals surface area contributed by atoms with E-state index in [-0.39, 0.29) is 0 Å². The number of hydrogen-bond donors (Lipinski definition) is 0. The Labute approximate surface area is 127 Å². The van der Waals surface area contributed by atoms with Crippen molar-refractivity contribution in [3.63, 3.8) is 0 Å². The summed E-state index contributed by atoms with van der Waals surface area (Å²) >= 11 is 0. The molecule has 0 fully saturated rings. The Morgan fingerprint density at radius 3 is 1.57 bits per heavy atom. The topological polar surface area (TPSA) is 38.8 Å². The molecule has 0 unspecified atom stereocenters. The first kappa shape index (κ1) is 15.2. The van der Waals surface area contributed by atoms with Gasteiger partial charge in [-0.05, 0) is 75.2 Å². The lowest BCUT2D eigenvalue weighted by molar-refractivity contribution is 1.14. The second-order valence-corrected chi connectivity index (χ2v) is 5.78. The Morgan fingerprint density at radius 2 is 1.10 bits per heavy atom. The van der Waals surface area contributed by atoms with Crippen molar-refractivity contribution in [3.8, 4) is 0 Å². The van der Waals surface area contributed by atoms with Crippen LogP contribution < -0.4 is 0 Å². The van der Waals surface area contributed by atoms with Crippen molar-refractivity contribution >= 4 is 11.4 Å². The van der Waals surface area contributed by atoms with Crippen molar-refractivity contribution in [2.24, 2.45) is 10.3 Å². The molecule has 110 valence electrons. The number of benzene rings is 2. The van der Waals surface area contributed by atoms with Gasteiger partial charge in [-0.3, -0.25) is 5.22 Å². The zero-order valence-electron chi connectivity index (χ0n) is 13.7. The lowest BCUT2D eigenvalue weighted by atomic mass is 10.1. The molecule has 0 aromatic heterocycles. The van der Waals surface area contributed by atoms with E-state index in [0.29, 0.717) is 0 Å². The minimum Gasteiger partial charge on any atom is -0.350 e. The molecule has 0 atom stereocenters. The van der Waals surface area contributed by atoms with Gasteiger partial charge in [-0.1, -0.05) is 35.4 Å². The molecule has 0 amide bonds. The lowest BCUT2D eigenvalue weighted by Crippen LogP contribution is -1.84. The third kappa shape index (κ3) is 3.48. The van der Waals surface area contributed by atoms with E-state index in [0.717, 1.165) is 33.6 Å². The van der Waals surface area contributed by atoms with Crippen LogP contribution in [0.5, 0.6) is 0 Å². The van der Waals surface area contributed by atoms with Crippen LogP contribution in [0.3, 0.4) is 0 Å². The molecule has 0 aliphatic rings. The number of aryl methyl sites for hydroxylation is 6. The van der Waals surface area contributed by atoms with Crippen molar-refractivity contribution in [1.82, 2.24) is 0 Å². The van der Waals surface area contributed by atoms with Crippen LogP contribution in [-0.2, 0) is 0 Å². The first-order valence-corrected chi connectivity index (χ1v) is 7.16. The molecular formula is C18H22N3-. The minimum atomic E-state index is 0.909. The summed E-state index contributed by atoms with van der Waals surface area (Å²) in [5.41, 5.74) is 13.1. The van der Waals surface area contributed by atoms with Crippen LogP contribution in [0.4, 0.5) is 11.4 Å². The molecule has 0 spiro atoms. The zero-order chi connectivity index (χ0) is 15.6. The molecule has 21 heavy (non-hydrogen) atoms. The predicted octanol–water partition coefficient (Wildman–Crippen LogP) is 6.24. The smallest absolute Gasteiger partial charge is 0.0195 e. The molecule has 0 saturated carbocycles. The van der Waals surface area contributed by atoms with Gasteiger partial charge in [0.25, 0.3) is 0 Å². The Kier molecular flexibility index (Phi) is 4.41. The minimum absolute atomic E-state index is 0.909. The molecule has 0 radical (unpaired) electrons. The second kappa shape index (κ2) is 6.08. The molecule has 0 aliphatic heterocycles. The molecule has 2 aromatic carbocycles. The monoisotopic (exact) mass is 280 g/mol. The largest absolute Gasteiger partial charge is 0.350 e. The number of nitrogens with zero attached hydrogens (tertiary/aromatic N) is 3. The van der Waals surface area contributed by atoms with Crippen molar-refractivity contribution in [2.45, 2.75) is 41.5 Å². The third-order valence-corrected chi connectivity index (χ3v) is 3.56. The van der Waals surface area contributed by atoms with Gasteiger partial charge in [-0.15, -0.1) is 0 Å². The lowest BCUT2D eigenvalue weighted by Gasteiger charge is -2.17. The summed E-state index contributed by atoms with van der Waals surface area (Å²) in [6.45, 7) is 12.4.